The molecule has 1 aliphatic rings. The third-order valence-electron chi connectivity index (χ3n) is 3.04. The second-order valence-electron chi connectivity index (χ2n) is 4.59. The molecule has 0 atom stereocenters. The summed E-state index contributed by atoms with van der Waals surface area (Å²) in [6.07, 6.45) is 7.32. The Kier molecular flexibility index (Phi) is 6.43. The number of carbonyl (C=O) groups is 2. The highest BCUT2D eigenvalue weighted by Gasteiger charge is 2.14. The van der Waals surface area contributed by atoms with E-state index in [9.17, 15) is 9.59 Å². The van der Waals surface area contributed by atoms with Gasteiger partial charge in [-0.3, -0.25) is 4.79 Å². The van der Waals surface area contributed by atoms with Crippen molar-refractivity contribution in [2.45, 2.75) is 57.4 Å². The molecule has 0 aromatic carbocycles. The van der Waals surface area contributed by atoms with Gasteiger partial charge in [0, 0.05) is 19.0 Å². The van der Waals surface area contributed by atoms with Gasteiger partial charge in [-0.25, -0.2) is 4.79 Å². The summed E-state index contributed by atoms with van der Waals surface area (Å²) in [5.41, 5.74) is 0. The van der Waals surface area contributed by atoms with Crippen molar-refractivity contribution in [3.05, 3.63) is 0 Å². The number of carbonyl (C=O) groups excluding carboxylic acids is 1. The molecule has 3 N–H and O–H groups in total. The van der Waals surface area contributed by atoms with Gasteiger partial charge in [-0.2, -0.15) is 0 Å². The fraction of sp³-hybridized carbons (Fsp3) is 0.833. The van der Waals surface area contributed by atoms with Crippen LogP contribution < -0.4 is 10.6 Å². The number of unbranched alkanes of at least 4 members (excludes halogenated alkanes) is 1. The van der Waals surface area contributed by atoms with Crippen molar-refractivity contribution < 1.29 is 14.7 Å². The van der Waals surface area contributed by atoms with E-state index in [1.165, 1.54) is 19.3 Å². The van der Waals surface area contributed by atoms with Gasteiger partial charge in [-0.15, -0.1) is 0 Å². The van der Waals surface area contributed by atoms with E-state index < -0.39 is 5.97 Å². The maximum atomic E-state index is 11.5. The summed E-state index contributed by atoms with van der Waals surface area (Å²) >= 11 is 0. The first-order valence-electron chi connectivity index (χ1n) is 6.44. The molecule has 0 spiro atoms. The number of amides is 2. The monoisotopic (exact) mass is 242 g/mol. The van der Waals surface area contributed by atoms with E-state index >= 15 is 0 Å². The molecule has 1 fully saturated rings. The third-order valence-corrected chi connectivity index (χ3v) is 3.04. The first kappa shape index (κ1) is 13.8. The molecule has 0 aromatic rings. The fourth-order valence-electron chi connectivity index (χ4n) is 2.09. The molecule has 5 nitrogen and oxygen atoms in total. The maximum absolute atomic E-state index is 11.5. The topological polar surface area (TPSA) is 78.4 Å². The van der Waals surface area contributed by atoms with E-state index in [1.54, 1.807) is 0 Å². The minimum atomic E-state index is -0.781. The second kappa shape index (κ2) is 7.92. The number of nitrogens with one attached hydrogen (secondary N) is 2. The zero-order chi connectivity index (χ0) is 12.5. The van der Waals surface area contributed by atoms with Crippen LogP contribution in [0.15, 0.2) is 0 Å². The van der Waals surface area contributed by atoms with Crippen LogP contribution in [-0.4, -0.2) is 29.7 Å². The highest BCUT2D eigenvalue weighted by molar-refractivity contribution is 5.74. The molecule has 98 valence electrons. The number of hydrogen-bond acceptors (Lipinski definition) is 2. The van der Waals surface area contributed by atoms with Crippen molar-refractivity contribution in [2.75, 3.05) is 6.54 Å². The Hall–Kier alpha value is -1.26. The third kappa shape index (κ3) is 6.81. The van der Waals surface area contributed by atoms with Crippen LogP contribution in [-0.2, 0) is 4.79 Å². The van der Waals surface area contributed by atoms with Crippen molar-refractivity contribution in [1.82, 2.24) is 10.6 Å². The van der Waals surface area contributed by atoms with Gasteiger partial charge in [0.2, 0.25) is 0 Å². The Morgan fingerprint density at radius 2 is 1.82 bits per heavy atom. The number of hydrogen-bond donors (Lipinski definition) is 3. The lowest BCUT2D eigenvalue weighted by molar-refractivity contribution is -0.137. The number of aliphatic carboxylic acids is 1. The summed E-state index contributed by atoms with van der Waals surface area (Å²) in [5, 5.41) is 14.2. The molecule has 0 unspecified atom stereocenters. The van der Waals surface area contributed by atoms with Crippen molar-refractivity contribution in [2.24, 2.45) is 0 Å². The normalized spacial score (nSPS) is 16.5. The number of urea groups is 1. The molecule has 2 amide bonds. The molecule has 0 saturated heterocycles. The molecule has 0 aromatic heterocycles. The fourth-order valence-corrected chi connectivity index (χ4v) is 2.09. The van der Waals surface area contributed by atoms with Gasteiger partial charge in [-0.1, -0.05) is 19.3 Å². The van der Waals surface area contributed by atoms with Crippen LogP contribution in [0, 0.1) is 0 Å². The molecular weight excluding hydrogens is 220 g/mol. The molecule has 0 radical (unpaired) electrons. The van der Waals surface area contributed by atoms with Crippen molar-refractivity contribution in [3.8, 4) is 0 Å². The lowest BCUT2D eigenvalue weighted by atomic mass is 9.96. The molecule has 1 aliphatic carbocycles. The smallest absolute Gasteiger partial charge is 0.315 e. The molecule has 1 rings (SSSR count). The molecular formula is C12H22N2O3. The van der Waals surface area contributed by atoms with Gasteiger partial charge in [0.05, 0.1) is 0 Å². The lowest BCUT2D eigenvalue weighted by Crippen LogP contribution is -2.43. The molecule has 0 bridgehead atoms. The van der Waals surface area contributed by atoms with Crippen molar-refractivity contribution >= 4 is 12.0 Å². The first-order valence-corrected chi connectivity index (χ1v) is 6.44. The zero-order valence-corrected chi connectivity index (χ0v) is 10.2. The van der Waals surface area contributed by atoms with Gasteiger partial charge >= 0.3 is 12.0 Å². The standard InChI is InChI=1S/C12H22N2O3/c15-11(16)8-4-5-9-13-12(17)14-10-6-2-1-3-7-10/h10H,1-9H2,(H,15,16)(H2,13,14,17). The molecule has 17 heavy (non-hydrogen) atoms. The van der Waals surface area contributed by atoms with Crippen LogP contribution in [0.5, 0.6) is 0 Å². The summed E-state index contributed by atoms with van der Waals surface area (Å²) in [6, 6.07) is 0.204. The minimum Gasteiger partial charge on any atom is -0.481 e. The molecule has 5 heteroatoms. The summed E-state index contributed by atoms with van der Waals surface area (Å²) in [4.78, 5) is 21.7. The van der Waals surface area contributed by atoms with E-state index in [1.807, 2.05) is 0 Å². The maximum Gasteiger partial charge on any atom is 0.315 e. The van der Waals surface area contributed by atoms with E-state index in [-0.39, 0.29) is 12.5 Å². The molecule has 0 aliphatic heterocycles. The quantitative estimate of drug-likeness (QED) is 0.622. The van der Waals surface area contributed by atoms with Crippen LogP contribution in [0.4, 0.5) is 4.79 Å². The predicted octanol–water partition coefficient (Wildman–Crippen LogP) is 1.87. The zero-order valence-electron chi connectivity index (χ0n) is 10.2. The number of carboxylic acids is 1. The predicted molar refractivity (Wildman–Crippen MR) is 64.9 cm³/mol. The Morgan fingerprint density at radius 3 is 2.47 bits per heavy atom. The first-order chi connectivity index (χ1) is 8.18. The van der Waals surface area contributed by atoms with E-state index in [0.717, 1.165) is 12.8 Å². The van der Waals surface area contributed by atoms with Crippen LogP contribution >= 0.6 is 0 Å². The summed E-state index contributed by atoms with van der Waals surface area (Å²) in [5.74, 6) is -0.781. The highest BCUT2D eigenvalue weighted by atomic mass is 16.4. The van der Waals surface area contributed by atoms with Crippen LogP contribution in [0.3, 0.4) is 0 Å². The Labute approximate surface area is 102 Å². The molecule has 1 saturated carbocycles. The minimum absolute atomic E-state index is 0.118. The average molecular weight is 242 g/mol. The van der Waals surface area contributed by atoms with Crippen LogP contribution in [0.2, 0.25) is 0 Å². The SMILES string of the molecule is O=C(O)CCCCNC(=O)NC1CCCCC1. The molecule has 0 heterocycles. The van der Waals surface area contributed by atoms with Gasteiger partial charge in [-0.05, 0) is 25.7 Å². The van der Waals surface area contributed by atoms with E-state index in [2.05, 4.69) is 10.6 Å². The Bertz CT molecular complexity index is 250. The van der Waals surface area contributed by atoms with Crippen molar-refractivity contribution in [1.29, 1.82) is 0 Å². The lowest BCUT2D eigenvalue weighted by Gasteiger charge is -2.22. The van der Waals surface area contributed by atoms with Crippen LogP contribution in [0.25, 0.3) is 0 Å². The summed E-state index contributed by atoms with van der Waals surface area (Å²) < 4.78 is 0. The van der Waals surface area contributed by atoms with Gasteiger partial charge in [0.1, 0.15) is 0 Å². The summed E-state index contributed by atoms with van der Waals surface area (Å²) in [7, 11) is 0. The average Bonchev–Trinajstić information content (AvgIpc) is 2.29. The summed E-state index contributed by atoms with van der Waals surface area (Å²) in [6.45, 7) is 0.547. The Balaban J connectivity index is 1.98. The largest absolute Gasteiger partial charge is 0.481 e. The number of rotatable bonds is 6. The van der Waals surface area contributed by atoms with Gasteiger partial charge < -0.3 is 15.7 Å². The van der Waals surface area contributed by atoms with Crippen molar-refractivity contribution in [3.63, 3.8) is 0 Å². The van der Waals surface area contributed by atoms with E-state index in [0.29, 0.717) is 25.4 Å². The van der Waals surface area contributed by atoms with E-state index in [4.69, 9.17) is 5.11 Å². The second-order valence-corrected chi connectivity index (χ2v) is 4.59. The number of carboxylic acid groups (broad SMARTS) is 1. The van der Waals surface area contributed by atoms with Gasteiger partial charge in [0.25, 0.3) is 0 Å². The highest BCUT2D eigenvalue weighted by Crippen LogP contribution is 2.17. The van der Waals surface area contributed by atoms with Gasteiger partial charge in [0.15, 0.2) is 0 Å². The Morgan fingerprint density at radius 1 is 1.12 bits per heavy atom. The van der Waals surface area contributed by atoms with Crippen LogP contribution in [0.1, 0.15) is 51.4 Å².